The lowest BCUT2D eigenvalue weighted by Crippen LogP contribution is -2.24. The smallest absolute Gasteiger partial charge is 0.262 e. The number of anilines is 1. The molecule has 0 saturated carbocycles. The number of amides is 1. The Kier molecular flexibility index (Phi) is 6.11. The third-order valence-corrected chi connectivity index (χ3v) is 8.04. The molecule has 1 N–H and O–H groups in total. The van der Waals surface area contributed by atoms with Gasteiger partial charge in [0.15, 0.2) is 0 Å². The molecule has 0 atom stereocenters. The van der Waals surface area contributed by atoms with Crippen LogP contribution in [0.5, 0.6) is 0 Å². The lowest BCUT2D eigenvalue weighted by molar-refractivity contribution is -0.116. The molecule has 3 aromatic rings. The molecule has 0 unspecified atom stereocenters. The van der Waals surface area contributed by atoms with Crippen molar-refractivity contribution in [1.82, 2.24) is 13.9 Å². The van der Waals surface area contributed by atoms with Crippen molar-refractivity contribution < 1.29 is 13.2 Å². The molecule has 0 saturated heterocycles. The van der Waals surface area contributed by atoms with E-state index in [1.54, 1.807) is 19.1 Å². The van der Waals surface area contributed by atoms with Gasteiger partial charge in [0, 0.05) is 37.6 Å². The van der Waals surface area contributed by atoms with Gasteiger partial charge < -0.3 is 5.32 Å². The molecule has 30 heavy (non-hydrogen) atoms. The zero-order valence-electron chi connectivity index (χ0n) is 17.5. The van der Waals surface area contributed by atoms with Crippen LogP contribution in [0.1, 0.15) is 22.4 Å². The molecule has 8 nitrogen and oxygen atoms in total. The molecule has 3 rings (SSSR count). The van der Waals surface area contributed by atoms with Crippen molar-refractivity contribution in [2.75, 3.05) is 19.4 Å². The van der Waals surface area contributed by atoms with Crippen molar-refractivity contribution in [3.05, 3.63) is 50.9 Å². The van der Waals surface area contributed by atoms with E-state index in [1.807, 2.05) is 13.8 Å². The normalized spacial score (nSPS) is 11.9. The number of carbonyl (C=O) groups is 1. The third kappa shape index (κ3) is 4.16. The molecular weight excluding hydrogens is 424 g/mol. The van der Waals surface area contributed by atoms with E-state index in [9.17, 15) is 18.0 Å². The SMILES string of the molecule is Cc1ccc(NC(=O)CCn2cnc3sc(C)c(C)c3c2=O)cc1S(=O)(=O)N(C)C. The highest BCUT2D eigenvalue weighted by atomic mass is 32.2. The topological polar surface area (TPSA) is 101 Å². The average Bonchev–Trinajstić information content (AvgIpc) is 2.97. The maximum atomic E-state index is 12.7. The van der Waals surface area contributed by atoms with Crippen molar-refractivity contribution in [2.45, 2.75) is 38.6 Å². The second-order valence-corrected chi connectivity index (χ2v) is 10.6. The predicted octanol–water partition coefficient (Wildman–Crippen LogP) is 2.66. The Balaban J connectivity index is 1.76. The minimum Gasteiger partial charge on any atom is -0.326 e. The van der Waals surface area contributed by atoms with E-state index >= 15 is 0 Å². The fourth-order valence-corrected chi connectivity index (χ4v) is 5.16. The Morgan fingerprint density at radius 3 is 2.60 bits per heavy atom. The lowest BCUT2D eigenvalue weighted by Gasteiger charge is -2.15. The van der Waals surface area contributed by atoms with Crippen molar-refractivity contribution in [3.8, 4) is 0 Å². The third-order valence-electron chi connectivity index (χ3n) is 4.97. The number of carbonyl (C=O) groups excluding carboxylic acids is 1. The van der Waals surface area contributed by atoms with Crippen LogP contribution in [0.3, 0.4) is 0 Å². The van der Waals surface area contributed by atoms with Gasteiger partial charge in [0.05, 0.1) is 16.6 Å². The molecule has 0 bridgehead atoms. The van der Waals surface area contributed by atoms with Crippen molar-refractivity contribution in [1.29, 1.82) is 0 Å². The number of rotatable bonds is 6. The Bertz CT molecular complexity index is 1290. The molecule has 2 aromatic heterocycles. The molecule has 0 spiro atoms. The van der Waals surface area contributed by atoms with E-state index in [4.69, 9.17) is 0 Å². The van der Waals surface area contributed by atoms with Gasteiger partial charge in [-0.15, -0.1) is 11.3 Å². The molecule has 1 aromatic carbocycles. The van der Waals surface area contributed by atoms with Crippen LogP contribution in [0.2, 0.25) is 0 Å². The number of benzene rings is 1. The number of aryl methyl sites for hydroxylation is 4. The van der Waals surface area contributed by atoms with Crippen LogP contribution in [0, 0.1) is 20.8 Å². The predicted molar refractivity (Wildman–Crippen MR) is 119 cm³/mol. The largest absolute Gasteiger partial charge is 0.326 e. The minimum absolute atomic E-state index is 0.0545. The van der Waals surface area contributed by atoms with Crippen LogP contribution in [-0.2, 0) is 21.4 Å². The van der Waals surface area contributed by atoms with E-state index in [1.165, 1.54) is 42.4 Å². The molecule has 0 fully saturated rings. The second kappa shape index (κ2) is 8.29. The second-order valence-electron chi connectivity index (χ2n) is 7.27. The summed E-state index contributed by atoms with van der Waals surface area (Å²) in [5, 5.41) is 3.30. The molecule has 0 radical (unpaired) electrons. The quantitative estimate of drug-likeness (QED) is 0.625. The Labute approximate surface area is 179 Å². The number of thiophene rings is 1. The lowest BCUT2D eigenvalue weighted by atomic mass is 10.2. The maximum Gasteiger partial charge on any atom is 0.262 e. The Morgan fingerprint density at radius 2 is 1.93 bits per heavy atom. The summed E-state index contributed by atoms with van der Waals surface area (Å²) in [5.41, 5.74) is 1.73. The fraction of sp³-hybridized carbons (Fsp3) is 0.350. The van der Waals surface area contributed by atoms with Gasteiger partial charge in [0.1, 0.15) is 4.83 Å². The average molecular weight is 449 g/mol. The number of hydrogen-bond donors (Lipinski definition) is 1. The zero-order valence-corrected chi connectivity index (χ0v) is 19.1. The number of hydrogen-bond acceptors (Lipinski definition) is 6. The van der Waals surface area contributed by atoms with E-state index in [0.717, 1.165) is 14.7 Å². The fourth-order valence-electron chi connectivity index (χ4n) is 3.03. The van der Waals surface area contributed by atoms with Crippen molar-refractivity contribution >= 4 is 43.2 Å². The standard InChI is InChI=1S/C20H24N4O4S2/c1-12-6-7-15(10-16(12)30(27,28)23(4)5)22-17(25)8-9-24-11-21-19-18(20(24)26)13(2)14(3)29-19/h6-7,10-11H,8-9H2,1-5H3,(H,22,25). The molecular formula is C20H24N4O4S2. The maximum absolute atomic E-state index is 12.7. The number of nitrogens with zero attached hydrogens (tertiary/aromatic N) is 3. The van der Waals surface area contributed by atoms with Gasteiger partial charge >= 0.3 is 0 Å². The van der Waals surface area contributed by atoms with Crippen LogP contribution in [0.15, 0.2) is 34.2 Å². The number of aromatic nitrogens is 2. The first-order valence-corrected chi connectivity index (χ1v) is 11.6. The Hall–Kier alpha value is -2.56. The van der Waals surface area contributed by atoms with Gasteiger partial charge in [-0.2, -0.15) is 0 Å². The van der Waals surface area contributed by atoms with Crippen LogP contribution in [0.25, 0.3) is 10.2 Å². The summed E-state index contributed by atoms with van der Waals surface area (Å²) >= 11 is 1.48. The van der Waals surface area contributed by atoms with E-state index in [2.05, 4.69) is 10.3 Å². The zero-order chi connectivity index (χ0) is 22.2. The molecule has 10 heteroatoms. The summed E-state index contributed by atoms with van der Waals surface area (Å²) in [7, 11) is -0.705. The minimum atomic E-state index is -3.62. The molecule has 0 aliphatic rings. The number of fused-ring (bicyclic) bond motifs is 1. The molecule has 2 heterocycles. The van der Waals surface area contributed by atoms with Crippen molar-refractivity contribution in [3.63, 3.8) is 0 Å². The molecule has 0 aliphatic carbocycles. The highest BCUT2D eigenvalue weighted by Crippen LogP contribution is 2.25. The first-order chi connectivity index (χ1) is 14.0. The number of nitrogens with one attached hydrogen (secondary N) is 1. The summed E-state index contributed by atoms with van der Waals surface area (Å²) in [6, 6.07) is 4.75. The highest BCUT2D eigenvalue weighted by molar-refractivity contribution is 7.89. The van der Waals surface area contributed by atoms with E-state index in [-0.39, 0.29) is 29.3 Å². The number of sulfonamides is 1. The van der Waals surface area contributed by atoms with Crippen LogP contribution in [0.4, 0.5) is 5.69 Å². The summed E-state index contributed by atoms with van der Waals surface area (Å²) < 4.78 is 27.4. The van der Waals surface area contributed by atoms with Gasteiger partial charge in [-0.1, -0.05) is 6.07 Å². The summed E-state index contributed by atoms with van der Waals surface area (Å²) in [6.07, 6.45) is 1.51. The van der Waals surface area contributed by atoms with Gasteiger partial charge in [-0.05, 0) is 44.0 Å². The summed E-state index contributed by atoms with van der Waals surface area (Å²) in [4.78, 5) is 31.3. The first kappa shape index (κ1) is 22.1. The van der Waals surface area contributed by atoms with Gasteiger partial charge in [-0.3, -0.25) is 14.2 Å². The van der Waals surface area contributed by atoms with Crippen LogP contribution < -0.4 is 10.9 Å². The van der Waals surface area contributed by atoms with Gasteiger partial charge in [0.2, 0.25) is 15.9 Å². The molecule has 160 valence electrons. The molecule has 1 amide bonds. The van der Waals surface area contributed by atoms with Gasteiger partial charge in [-0.25, -0.2) is 17.7 Å². The summed E-state index contributed by atoms with van der Waals surface area (Å²) in [5.74, 6) is -0.322. The van der Waals surface area contributed by atoms with Gasteiger partial charge in [0.25, 0.3) is 5.56 Å². The van der Waals surface area contributed by atoms with Crippen LogP contribution >= 0.6 is 11.3 Å². The van der Waals surface area contributed by atoms with Crippen LogP contribution in [-0.4, -0.2) is 42.3 Å². The molecule has 0 aliphatic heterocycles. The van der Waals surface area contributed by atoms with E-state index < -0.39 is 10.0 Å². The van der Waals surface area contributed by atoms with E-state index in [0.29, 0.717) is 21.5 Å². The summed E-state index contributed by atoms with van der Waals surface area (Å²) in [6.45, 7) is 5.72. The first-order valence-electron chi connectivity index (χ1n) is 9.30. The monoisotopic (exact) mass is 448 g/mol. The Morgan fingerprint density at radius 1 is 1.23 bits per heavy atom. The van der Waals surface area contributed by atoms with Crippen molar-refractivity contribution in [2.24, 2.45) is 0 Å². The highest BCUT2D eigenvalue weighted by Gasteiger charge is 2.20.